The van der Waals surface area contributed by atoms with Crippen LogP contribution < -0.4 is 0 Å². The van der Waals surface area contributed by atoms with Crippen molar-refractivity contribution in [3.05, 3.63) is 70.7 Å². The van der Waals surface area contributed by atoms with Crippen LogP contribution in [0.1, 0.15) is 35.9 Å². The molecule has 27 heavy (non-hydrogen) atoms. The minimum atomic E-state index is -0.680. The van der Waals surface area contributed by atoms with Crippen molar-refractivity contribution in [2.45, 2.75) is 25.3 Å². The summed E-state index contributed by atoms with van der Waals surface area (Å²) in [7, 11) is 0. The lowest BCUT2D eigenvalue weighted by Gasteiger charge is -2.33. The molecule has 0 aliphatic carbocycles. The maximum absolute atomic E-state index is 13.8. The average Bonchev–Trinajstić information content (AvgIpc) is 3.11. The van der Waals surface area contributed by atoms with Gasteiger partial charge >= 0.3 is 0 Å². The summed E-state index contributed by atoms with van der Waals surface area (Å²) in [5.41, 5.74) is 0.735. The molecule has 6 heteroatoms. The van der Waals surface area contributed by atoms with Crippen molar-refractivity contribution in [3.8, 4) is 0 Å². The number of likely N-dealkylation sites (tertiary alicyclic amines) is 1. The molecule has 0 N–H and O–H groups in total. The van der Waals surface area contributed by atoms with Crippen LogP contribution >= 0.6 is 11.3 Å². The van der Waals surface area contributed by atoms with Crippen LogP contribution in [-0.2, 0) is 4.79 Å². The Morgan fingerprint density at radius 3 is 2.67 bits per heavy atom. The molecular formula is C21H18F2N2OS. The molecule has 1 unspecified atom stereocenters. The van der Waals surface area contributed by atoms with Gasteiger partial charge in [0.05, 0.1) is 16.3 Å². The van der Waals surface area contributed by atoms with Gasteiger partial charge in [0.25, 0.3) is 0 Å². The standard InChI is InChI=1S/C21H18F2N2OS/c22-15-6-5-7-16(23)14(15)11-12-20(26)25-13-4-3-9-18(25)21-24-17-8-1-2-10-19(17)27-21/h1-2,5-8,10-12,18H,3-4,9,13H2/b12-11+. The Morgan fingerprint density at radius 1 is 1.11 bits per heavy atom. The Kier molecular flexibility index (Phi) is 4.99. The van der Waals surface area contributed by atoms with Crippen LogP contribution in [0.3, 0.4) is 0 Å². The normalized spacial score (nSPS) is 17.7. The van der Waals surface area contributed by atoms with Crippen molar-refractivity contribution in [1.29, 1.82) is 0 Å². The van der Waals surface area contributed by atoms with Gasteiger partial charge in [-0.3, -0.25) is 4.79 Å². The first-order chi connectivity index (χ1) is 13.1. The van der Waals surface area contributed by atoms with Crippen LogP contribution in [0.15, 0.2) is 48.5 Å². The highest BCUT2D eigenvalue weighted by Crippen LogP contribution is 2.35. The van der Waals surface area contributed by atoms with Crippen LogP contribution in [0.2, 0.25) is 0 Å². The molecule has 0 saturated carbocycles. The molecule has 3 aromatic rings. The summed E-state index contributed by atoms with van der Waals surface area (Å²) in [6, 6.07) is 11.5. The molecule has 1 aliphatic rings. The van der Waals surface area contributed by atoms with Gasteiger partial charge in [-0.2, -0.15) is 0 Å². The molecule has 1 aromatic heterocycles. The van der Waals surface area contributed by atoms with E-state index in [0.29, 0.717) is 6.54 Å². The summed E-state index contributed by atoms with van der Waals surface area (Å²) < 4.78 is 28.6. The second kappa shape index (κ2) is 7.56. The molecule has 1 atom stereocenters. The van der Waals surface area contributed by atoms with E-state index in [1.807, 2.05) is 24.3 Å². The number of carbonyl (C=O) groups is 1. The zero-order valence-corrected chi connectivity index (χ0v) is 15.4. The van der Waals surface area contributed by atoms with Gasteiger partial charge in [-0.25, -0.2) is 13.8 Å². The summed E-state index contributed by atoms with van der Waals surface area (Å²) in [4.78, 5) is 19.2. The molecule has 138 valence electrons. The number of rotatable bonds is 3. The number of nitrogens with zero attached hydrogens (tertiary/aromatic N) is 2. The van der Waals surface area contributed by atoms with E-state index < -0.39 is 11.6 Å². The molecule has 1 saturated heterocycles. The van der Waals surface area contributed by atoms with E-state index in [1.54, 1.807) is 16.2 Å². The predicted octanol–water partition coefficient (Wildman–Crippen LogP) is 5.34. The number of fused-ring (bicyclic) bond motifs is 1. The Hall–Kier alpha value is -2.60. The van der Waals surface area contributed by atoms with Crippen molar-refractivity contribution >= 4 is 33.5 Å². The highest BCUT2D eigenvalue weighted by molar-refractivity contribution is 7.18. The molecule has 1 amide bonds. The quantitative estimate of drug-likeness (QED) is 0.571. The highest BCUT2D eigenvalue weighted by Gasteiger charge is 2.29. The molecule has 0 radical (unpaired) electrons. The molecule has 3 nitrogen and oxygen atoms in total. The fourth-order valence-corrected chi connectivity index (χ4v) is 4.52. The summed E-state index contributed by atoms with van der Waals surface area (Å²) in [5, 5.41) is 0.912. The Bertz CT molecular complexity index is 961. The van der Waals surface area contributed by atoms with Crippen LogP contribution in [0.5, 0.6) is 0 Å². The number of piperidine rings is 1. The van der Waals surface area contributed by atoms with Gasteiger partial charge < -0.3 is 4.90 Å². The third kappa shape index (κ3) is 3.62. The number of carbonyl (C=O) groups excluding carboxylic acids is 1. The number of para-hydroxylation sites is 1. The van der Waals surface area contributed by atoms with Gasteiger partial charge in [0.2, 0.25) is 5.91 Å². The van der Waals surface area contributed by atoms with E-state index in [9.17, 15) is 13.6 Å². The number of aromatic nitrogens is 1. The number of thiazole rings is 1. The highest BCUT2D eigenvalue weighted by atomic mass is 32.1. The van der Waals surface area contributed by atoms with Crippen molar-refractivity contribution in [3.63, 3.8) is 0 Å². The van der Waals surface area contributed by atoms with E-state index in [-0.39, 0.29) is 17.5 Å². The Morgan fingerprint density at radius 2 is 1.89 bits per heavy atom. The third-order valence-corrected chi connectivity index (χ3v) is 5.91. The van der Waals surface area contributed by atoms with E-state index in [2.05, 4.69) is 0 Å². The lowest BCUT2D eigenvalue weighted by Crippen LogP contribution is -2.37. The van der Waals surface area contributed by atoms with Gasteiger partial charge in [-0.05, 0) is 49.6 Å². The predicted molar refractivity (Wildman–Crippen MR) is 103 cm³/mol. The largest absolute Gasteiger partial charge is 0.330 e. The Labute approximate surface area is 160 Å². The van der Waals surface area contributed by atoms with Crippen LogP contribution in [0.25, 0.3) is 16.3 Å². The number of halogens is 2. The summed E-state index contributed by atoms with van der Waals surface area (Å²) >= 11 is 1.60. The second-order valence-corrected chi connectivity index (χ2v) is 7.59. The lowest BCUT2D eigenvalue weighted by atomic mass is 10.0. The third-order valence-electron chi connectivity index (χ3n) is 4.77. The van der Waals surface area contributed by atoms with E-state index >= 15 is 0 Å². The molecule has 2 heterocycles. The molecule has 4 rings (SSSR count). The van der Waals surface area contributed by atoms with Crippen LogP contribution in [0, 0.1) is 11.6 Å². The van der Waals surface area contributed by atoms with Crippen molar-refractivity contribution in [1.82, 2.24) is 9.88 Å². The SMILES string of the molecule is O=C(/C=C/c1c(F)cccc1F)N1CCCCC1c1nc2ccccc2s1. The molecule has 0 bridgehead atoms. The van der Waals surface area contributed by atoms with E-state index in [1.165, 1.54) is 30.4 Å². The van der Waals surface area contributed by atoms with Gasteiger partial charge in [0.15, 0.2) is 0 Å². The molecule has 0 spiro atoms. The maximum Gasteiger partial charge on any atom is 0.247 e. The van der Waals surface area contributed by atoms with Crippen molar-refractivity contribution < 1.29 is 13.6 Å². The van der Waals surface area contributed by atoms with Crippen LogP contribution in [0.4, 0.5) is 8.78 Å². The first kappa shape index (κ1) is 17.8. The summed E-state index contributed by atoms with van der Waals surface area (Å²) in [6.45, 7) is 0.615. The fraction of sp³-hybridized carbons (Fsp3) is 0.238. The number of amides is 1. The van der Waals surface area contributed by atoms with Crippen molar-refractivity contribution in [2.75, 3.05) is 6.54 Å². The molecular weight excluding hydrogens is 366 g/mol. The minimum Gasteiger partial charge on any atom is -0.330 e. The lowest BCUT2D eigenvalue weighted by molar-refractivity contribution is -0.129. The smallest absolute Gasteiger partial charge is 0.247 e. The minimum absolute atomic E-state index is 0.0984. The average molecular weight is 384 g/mol. The van der Waals surface area contributed by atoms with Gasteiger partial charge in [0.1, 0.15) is 16.6 Å². The first-order valence-electron chi connectivity index (χ1n) is 8.91. The van der Waals surface area contributed by atoms with E-state index in [4.69, 9.17) is 4.98 Å². The molecule has 1 aliphatic heterocycles. The summed E-state index contributed by atoms with van der Waals surface area (Å²) in [5.74, 6) is -1.61. The Balaban J connectivity index is 1.60. The first-order valence-corrected chi connectivity index (χ1v) is 9.73. The number of hydrogen-bond acceptors (Lipinski definition) is 3. The van der Waals surface area contributed by atoms with Gasteiger partial charge in [-0.15, -0.1) is 11.3 Å². The topological polar surface area (TPSA) is 33.2 Å². The zero-order chi connectivity index (χ0) is 18.8. The van der Waals surface area contributed by atoms with E-state index in [0.717, 1.165) is 34.5 Å². The molecule has 2 aromatic carbocycles. The number of benzene rings is 2. The second-order valence-electron chi connectivity index (χ2n) is 6.53. The summed E-state index contributed by atoms with van der Waals surface area (Å²) in [6.07, 6.45) is 5.25. The number of hydrogen-bond donors (Lipinski definition) is 0. The zero-order valence-electron chi connectivity index (χ0n) is 14.6. The maximum atomic E-state index is 13.8. The fourth-order valence-electron chi connectivity index (χ4n) is 3.40. The van der Waals surface area contributed by atoms with Crippen molar-refractivity contribution in [2.24, 2.45) is 0 Å². The monoisotopic (exact) mass is 384 g/mol. The molecule has 1 fully saturated rings. The van der Waals surface area contributed by atoms with Gasteiger partial charge in [-0.1, -0.05) is 18.2 Å². The van der Waals surface area contributed by atoms with Crippen LogP contribution in [-0.4, -0.2) is 22.3 Å². The van der Waals surface area contributed by atoms with Gasteiger partial charge in [0, 0.05) is 18.2 Å².